The van der Waals surface area contributed by atoms with Gasteiger partial charge in [-0.25, -0.2) is 14.8 Å². The number of aliphatic carboxylic acids is 1. The van der Waals surface area contributed by atoms with Gasteiger partial charge in [0.25, 0.3) is 0 Å². The molecule has 0 aliphatic carbocycles. The van der Waals surface area contributed by atoms with E-state index in [1.807, 2.05) is 0 Å². The molecule has 14 heteroatoms. The largest absolute Gasteiger partial charge is 0.480 e. The Bertz CT molecular complexity index is 958. The van der Waals surface area contributed by atoms with Crippen molar-refractivity contribution in [2.45, 2.75) is 49.9 Å². The highest BCUT2D eigenvalue weighted by Crippen LogP contribution is 2.07. The van der Waals surface area contributed by atoms with Gasteiger partial charge in [-0.15, -0.1) is 0 Å². The smallest absolute Gasteiger partial charge is 0.326 e. The predicted octanol–water partition coefficient (Wildman–Crippen LogP) is -2.80. The zero-order valence-electron chi connectivity index (χ0n) is 18.3. The monoisotopic (exact) mass is 476 g/mol. The van der Waals surface area contributed by atoms with Crippen LogP contribution in [0.2, 0.25) is 0 Å². The number of nitrogens with one attached hydrogen (secondary N) is 6. The molecular weight excluding hydrogens is 448 g/mol. The van der Waals surface area contributed by atoms with Crippen LogP contribution in [-0.4, -0.2) is 91.2 Å². The third-order valence-corrected chi connectivity index (χ3v) is 5.40. The first-order valence-corrected chi connectivity index (χ1v) is 10.8. The summed E-state index contributed by atoms with van der Waals surface area (Å²) in [6, 6.07) is -4.22. The maximum Gasteiger partial charge on any atom is 0.326 e. The Morgan fingerprint density at radius 2 is 1.53 bits per heavy atom. The topological polar surface area (TPSA) is 214 Å². The number of hydrogen-bond donors (Lipinski definition) is 8. The minimum Gasteiger partial charge on any atom is -0.480 e. The first-order chi connectivity index (χ1) is 16.4. The van der Waals surface area contributed by atoms with E-state index in [2.05, 4.69) is 41.2 Å². The number of imidazole rings is 2. The summed E-state index contributed by atoms with van der Waals surface area (Å²) in [6.07, 6.45) is 7.22. The Hall–Kier alpha value is -3.78. The summed E-state index contributed by atoms with van der Waals surface area (Å²) in [5.74, 6) is -3.24. The Labute approximate surface area is 194 Å². The summed E-state index contributed by atoms with van der Waals surface area (Å²) < 4.78 is 0. The van der Waals surface area contributed by atoms with E-state index in [0.717, 1.165) is 6.42 Å². The molecule has 3 amide bonds. The van der Waals surface area contributed by atoms with Crippen molar-refractivity contribution in [2.24, 2.45) is 0 Å². The number of amides is 3. The number of aromatic amines is 2. The van der Waals surface area contributed by atoms with Crippen LogP contribution < -0.4 is 21.3 Å². The second kappa shape index (κ2) is 11.9. The zero-order chi connectivity index (χ0) is 24.5. The third-order valence-electron chi connectivity index (χ3n) is 5.40. The lowest BCUT2D eigenvalue weighted by Gasteiger charge is -2.24. The minimum atomic E-state index is -1.43. The number of hydrogen-bond acceptors (Lipinski definition) is 8. The lowest BCUT2D eigenvalue weighted by molar-refractivity contribution is -0.142. The van der Waals surface area contributed by atoms with Crippen LogP contribution in [0.5, 0.6) is 0 Å². The molecule has 0 aromatic carbocycles. The van der Waals surface area contributed by atoms with Gasteiger partial charge in [-0.3, -0.25) is 14.4 Å². The number of H-pyrrole nitrogens is 2. The molecule has 3 heterocycles. The molecule has 184 valence electrons. The molecule has 0 bridgehead atoms. The van der Waals surface area contributed by atoms with E-state index in [1.54, 1.807) is 0 Å². The zero-order valence-corrected chi connectivity index (χ0v) is 18.3. The molecule has 3 rings (SSSR count). The molecular formula is C20H28N8O6. The molecule has 14 nitrogen and oxygen atoms in total. The fourth-order valence-electron chi connectivity index (χ4n) is 3.56. The Kier molecular flexibility index (Phi) is 8.70. The lowest BCUT2D eigenvalue weighted by Crippen LogP contribution is -2.58. The van der Waals surface area contributed by atoms with Crippen molar-refractivity contribution in [3.63, 3.8) is 0 Å². The molecule has 2 aromatic rings. The van der Waals surface area contributed by atoms with E-state index >= 15 is 0 Å². The normalized spacial score (nSPS) is 18.0. The van der Waals surface area contributed by atoms with Crippen LogP contribution in [0.3, 0.4) is 0 Å². The summed E-state index contributed by atoms with van der Waals surface area (Å²) in [5.41, 5.74) is 1.07. The van der Waals surface area contributed by atoms with Gasteiger partial charge in [-0.1, -0.05) is 0 Å². The Morgan fingerprint density at radius 1 is 0.941 bits per heavy atom. The van der Waals surface area contributed by atoms with Crippen LogP contribution in [-0.2, 0) is 32.0 Å². The van der Waals surface area contributed by atoms with E-state index in [-0.39, 0.29) is 18.7 Å². The second-order valence-corrected chi connectivity index (χ2v) is 7.92. The molecule has 0 radical (unpaired) electrons. The second-order valence-electron chi connectivity index (χ2n) is 7.92. The number of carbonyl (C=O) groups is 4. The number of carboxylic acid groups (broad SMARTS) is 1. The van der Waals surface area contributed by atoms with Gasteiger partial charge in [0, 0.05) is 36.6 Å². The van der Waals surface area contributed by atoms with Crippen molar-refractivity contribution in [3.05, 3.63) is 36.4 Å². The van der Waals surface area contributed by atoms with Crippen LogP contribution in [0, 0.1) is 0 Å². The molecule has 4 unspecified atom stereocenters. The summed E-state index contributed by atoms with van der Waals surface area (Å²) in [6.45, 7) is -0.0750. The quantitative estimate of drug-likeness (QED) is 0.159. The number of aromatic nitrogens is 4. The number of aliphatic hydroxyl groups excluding tert-OH is 1. The average Bonchev–Trinajstić information content (AvgIpc) is 3.59. The van der Waals surface area contributed by atoms with Crippen LogP contribution in [0.15, 0.2) is 25.0 Å². The maximum atomic E-state index is 13.0. The molecule has 0 saturated carbocycles. The summed E-state index contributed by atoms with van der Waals surface area (Å²) in [4.78, 5) is 63.0. The van der Waals surface area contributed by atoms with Crippen LogP contribution in [0.4, 0.5) is 0 Å². The van der Waals surface area contributed by atoms with Gasteiger partial charge in [0.1, 0.15) is 18.1 Å². The van der Waals surface area contributed by atoms with Crippen molar-refractivity contribution < 1.29 is 29.4 Å². The first-order valence-electron chi connectivity index (χ1n) is 10.8. The molecule has 34 heavy (non-hydrogen) atoms. The molecule has 2 aromatic heterocycles. The van der Waals surface area contributed by atoms with E-state index in [0.29, 0.717) is 24.4 Å². The highest BCUT2D eigenvalue weighted by Gasteiger charge is 2.31. The van der Waals surface area contributed by atoms with Gasteiger partial charge in [-0.05, 0) is 19.4 Å². The van der Waals surface area contributed by atoms with E-state index < -0.39 is 48.6 Å². The van der Waals surface area contributed by atoms with Crippen molar-refractivity contribution in [2.75, 3.05) is 13.2 Å². The molecule has 1 fully saturated rings. The Balaban J connectivity index is 1.65. The SMILES string of the molecule is O=C(O)C(Cc1cnc[nH]1)NC(=O)C(CO)NC(=O)C(Cc1cnc[nH]1)NC(=O)C1CCCN1. The highest BCUT2D eigenvalue weighted by molar-refractivity contribution is 5.94. The first kappa shape index (κ1) is 24.9. The summed E-state index contributed by atoms with van der Waals surface area (Å²) >= 11 is 0. The molecule has 4 atom stereocenters. The van der Waals surface area contributed by atoms with Crippen molar-refractivity contribution >= 4 is 23.7 Å². The fraction of sp³-hybridized carbons (Fsp3) is 0.500. The van der Waals surface area contributed by atoms with E-state index in [1.165, 1.54) is 25.0 Å². The van der Waals surface area contributed by atoms with Gasteiger partial charge in [-0.2, -0.15) is 0 Å². The summed E-state index contributed by atoms with van der Waals surface area (Å²) in [5, 5.41) is 29.5. The van der Waals surface area contributed by atoms with Crippen LogP contribution in [0.1, 0.15) is 24.2 Å². The van der Waals surface area contributed by atoms with Crippen molar-refractivity contribution in [3.8, 4) is 0 Å². The number of carboxylic acids is 1. The molecule has 1 aliphatic rings. The van der Waals surface area contributed by atoms with Crippen molar-refractivity contribution in [1.82, 2.24) is 41.2 Å². The third kappa shape index (κ3) is 6.86. The number of carbonyl (C=O) groups excluding carboxylic acids is 3. The average molecular weight is 476 g/mol. The van der Waals surface area contributed by atoms with E-state index in [9.17, 15) is 29.4 Å². The highest BCUT2D eigenvalue weighted by atomic mass is 16.4. The van der Waals surface area contributed by atoms with E-state index in [4.69, 9.17) is 0 Å². The minimum absolute atomic E-state index is 0.0694. The lowest BCUT2D eigenvalue weighted by atomic mass is 10.1. The van der Waals surface area contributed by atoms with Gasteiger partial charge < -0.3 is 41.4 Å². The van der Waals surface area contributed by atoms with Crippen LogP contribution in [0.25, 0.3) is 0 Å². The van der Waals surface area contributed by atoms with Crippen molar-refractivity contribution in [1.29, 1.82) is 0 Å². The number of aliphatic hydroxyl groups is 1. The van der Waals surface area contributed by atoms with Gasteiger partial charge in [0.05, 0.1) is 25.3 Å². The maximum absolute atomic E-state index is 13.0. The van der Waals surface area contributed by atoms with Crippen LogP contribution >= 0.6 is 0 Å². The number of rotatable bonds is 12. The fourth-order valence-corrected chi connectivity index (χ4v) is 3.56. The Morgan fingerprint density at radius 3 is 2.03 bits per heavy atom. The molecule has 8 N–H and O–H groups in total. The van der Waals surface area contributed by atoms with Gasteiger partial charge in [0.15, 0.2) is 0 Å². The predicted molar refractivity (Wildman–Crippen MR) is 116 cm³/mol. The summed E-state index contributed by atoms with van der Waals surface area (Å²) in [7, 11) is 0. The molecule has 1 aliphatic heterocycles. The molecule has 1 saturated heterocycles. The standard InChI is InChI=1S/C20H28N8O6/c29-8-16(19(32)27-15(20(33)34)5-12-7-22-10-25-12)28-18(31)14(4-11-6-21-9-24-11)26-17(30)13-2-1-3-23-13/h6-7,9-10,13-16,23,29H,1-5,8H2,(H,21,24)(H,22,25)(H,26,30)(H,27,32)(H,28,31)(H,33,34). The number of nitrogens with zero attached hydrogens (tertiary/aromatic N) is 2. The van der Waals surface area contributed by atoms with Gasteiger partial charge in [0.2, 0.25) is 17.7 Å². The molecule has 0 spiro atoms. The van der Waals surface area contributed by atoms with Gasteiger partial charge >= 0.3 is 5.97 Å².